The quantitative estimate of drug-likeness (QED) is 0.753. The Morgan fingerprint density at radius 2 is 2.18 bits per heavy atom. The van der Waals surface area contributed by atoms with Crippen molar-refractivity contribution in [2.75, 3.05) is 7.05 Å². The van der Waals surface area contributed by atoms with Crippen LogP contribution in [0, 0.1) is 5.92 Å². The summed E-state index contributed by atoms with van der Waals surface area (Å²) in [6.07, 6.45) is 10.4. The fourth-order valence-electron chi connectivity index (χ4n) is 2.49. The molecule has 0 fully saturated rings. The Bertz CT molecular complexity index is 306. The van der Waals surface area contributed by atoms with Crippen LogP contribution in [0.4, 0.5) is 0 Å². The van der Waals surface area contributed by atoms with Gasteiger partial charge in [0, 0.05) is 19.3 Å². The molecule has 0 spiro atoms. The van der Waals surface area contributed by atoms with Gasteiger partial charge in [-0.3, -0.25) is 4.68 Å². The SMILES string of the molecule is CCCCC(CC)C(Cc1cnn(C)c1)NC. The summed E-state index contributed by atoms with van der Waals surface area (Å²) in [6, 6.07) is 0.579. The van der Waals surface area contributed by atoms with Gasteiger partial charge in [0.25, 0.3) is 0 Å². The molecular formula is C14H27N3. The number of nitrogens with zero attached hydrogens (tertiary/aromatic N) is 2. The second kappa shape index (κ2) is 7.49. The van der Waals surface area contributed by atoms with E-state index in [1.54, 1.807) is 0 Å². The predicted octanol–water partition coefficient (Wildman–Crippen LogP) is 2.77. The first kappa shape index (κ1) is 14.2. The first-order valence-electron chi connectivity index (χ1n) is 6.86. The minimum absolute atomic E-state index is 0.579. The summed E-state index contributed by atoms with van der Waals surface area (Å²) in [6.45, 7) is 4.57. The maximum Gasteiger partial charge on any atom is 0.0522 e. The monoisotopic (exact) mass is 237 g/mol. The third-order valence-corrected chi connectivity index (χ3v) is 3.61. The zero-order valence-corrected chi connectivity index (χ0v) is 11.7. The molecule has 0 bridgehead atoms. The fraction of sp³-hybridized carbons (Fsp3) is 0.786. The minimum atomic E-state index is 0.579. The van der Waals surface area contributed by atoms with Crippen LogP contribution in [-0.2, 0) is 13.5 Å². The van der Waals surface area contributed by atoms with Crippen molar-refractivity contribution in [3.8, 4) is 0 Å². The van der Waals surface area contributed by atoms with Gasteiger partial charge in [-0.2, -0.15) is 5.10 Å². The molecule has 98 valence electrons. The molecule has 3 nitrogen and oxygen atoms in total. The van der Waals surface area contributed by atoms with Gasteiger partial charge >= 0.3 is 0 Å². The summed E-state index contributed by atoms with van der Waals surface area (Å²) in [5.74, 6) is 0.778. The smallest absolute Gasteiger partial charge is 0.0522 e. The molecule has 0 aliphatic rings. The van der Waals surface area contributed by atoms with Gasteiger partial charge in [0.05, 0.1) is 6.20 Å². The molecule has 0 aliphatic heterocycles. The van der Waals surface area contributed by atoms with Crippen LogP contribution in [0.1, 0.15) is 45.1 Å². The van der Waals surface area contributed by atoms with Gasteiger partial charge in [-0.15, -0.1) is 0 Å². The fourth-order valence-corrected chi connectivity index (χ4v) is 2.49. The van der Waals surface area contributed by atoms with E-state index in [9.17, 15) is 0 Å². The first-order chi connectivity index (χ1) is 8.21. The van der Waals surface area contributed by atoms with Crippen LogP contribution in [0.5, 0.6) is 0 Å². The zero-order valence-electron chi connectivity index (χ0n) is 11.7. The van der Waals surface area contributed by atoms with E-state index in [1.807, 2.05) is 17.9 Å². The number of unbranched alkanes of at least 4 members (excludes halogenated alkanes) is 1. The molecule has 1 rings (SSSR count). The zero-order chi connectivity index (χ0) is 12.7. The lowest BCUT2D eigenvalue weighted by atomic mass is 9.88. The average molecular weight is 237 g/mol. The maximum absolute atomic E-state index is 4.24. The van der Waals surface area contributed by atoms with E-state index in [0.717, 1.165) is 12.3 Å². The number of aryl methyl sites for hydroxylation is 1. The molecule has 0 saturated heterocycles. The van der Waals surface area contributed by atoms with Gasteiger partial charge in [0.15, 0.2) is 0 Å². The number of hydrogen-bond acceptors (Lipinski definition) is 2. The summed E-state index contributed by atoms with van der Waals surface area (Å²) in [5, 5.41) is 7.72. The summed E-state index contributed by atoms with van der Waals surface area (Å²) < 4.78 is 1.88. The summed E-state index contributed by atoms with van der Waals surface area (Å²) in [7, 11) is 4.06. The average Bonchev–Trinajstić information content (AvgIpc) is 2.74. The number of rotatable bonds is 8. The summed E-state index contributed by atoms with van der Waals surface area (Å²) in [5.41, 5.74) is 1.33. The van der Waals surface area contributed by atoms with Crippen LogP contribution < -0.4 is 5.32 Å². The molecule has 0 radical (unpaired) electrons. The van der Waals surface area contributed by atoms with Crippen molar-refractivity contribution < 1.29 is 0 Å². The highest BCUT2D eigenvalue weighted by Gasteiger charge is 2.18. The van der Waals surface area contributed by atoms with Crippen molar-refractivity contribution in [2.45, 2.75) is 52.0 Å². The van der Waals surface area contributed by atoms with Crippen molar-refractivity contribution in [1.82, 2.24) is 15.1 Å². The van der Waals surface area contributed by atoms with Crippen molar-refractivity contribution in [3.05, 3.63) is 18.0 Å². The molecule has 0 aromatic carbocycles. The second-order valence-electron chi connectivity index (χ2n) is 4.93. The van der Waals surface area contributed by atoms with Gasteiger partial charge in [-0.1, -0.05) is 33.1 Å². The predicted molar refractivity (Wildman–Crippen MR) is 73.1 cm³/mol. The summed E-state index contributed by atoms with van der Waals surface area (Å²) >= 11 is 0. The Balaban J connectivity index is 2.56. The van der Waals surface area contributed by atoms with Gasteiger partial charge in [0.2, 0.25) is 0 Å². The standard InChI is InChI=1S/C14H27N3/c1-5-7-8-13(6-2)14(15-3)9-12-10-16-17(4)11-12/h10-11,13-15H,5-9H2,1-4H3. The van der Waals surface area contributed by atoms with Crippen molar-refractivity contribution in [3.63, 3.8) is 0 Å². The molecule has 3 heteroatoms. The Morgan fingerprint density at radius 3 is 2.65 bits per heavy atom. The normalized spacial score (nSPS) is 14.8. The Hall–Kier alpha value is -0.830. The molecule has 2 atom stereocenters. The Kier molecular flexibility index (Phi) is 6.27. The van der Waals surface area contributed by atoms with Crippen LogP contribution in [0.25, 0.3) is 0 Å². The van der Waals surface area contributed by atoms with E-state index in [0.29, 0.717) is 6.04 Å². The molecule has 1 aromatic heterocycles. The maximum atomic E-state index is 4.24. The summed E-state index contributed by atoms with van der Waals surface area (Å²) in [4.78, 5) is 0. The van der Waals surface area contributed by atoms with E-state index in [1.165, 1.54) is 31.2 Å². The molecule has 0 amide bonds. The second-order valence-corrected chi connectivity index (χ2v) is 4.93. The third-order valence-electron chi connectivity index (χ3n) is 3.61. The van der Waals surface area contributed by atoms with E-state index in [4.69, 9.17) is 0 Å². The van der Waals surface area contributed by atoms with Gasteiger partial charge in [-0.25, -0.2) is 0 Å². The molecule has 0 saturated carbocycles. The van der Waals surface area contributed by atoms with Crippen LogP contribution in [0.15, 0.2) is 12.4 Å². The van der Waals surface area contributed by atoms with Gasteiger partial charge in [-0.05, 0) is 31.4 Å². The largest absolute Gasteiger partial charge is 0.316 e. The number of nitrogens with one attached hydrogen (secondary N) is 1. The Morgan fingerprint density at radius 1 is 1.41 bits per heavy atom. The van der Waals surface area contributed by atoms with Crippen molar-refractivity contribution in [2.24, 2.45) is 13.0 Å². The lowest BCUT2D eigenvalue weighted by Crippen LogP contribution is -2.35. The Labute approximate surface area is 106 Å². The molecule has 0 aliphatic carbocycles. The van der Waals surface area contributed by atoms with E-state index in [-0.39, 0.29) is 0 Å². The number of hydrogen-bond donors (Lipinski definition) is 1. The highest BCUT2D eigenvalue weighted by atomic mass is 15.2. The highest BCUT2D eigenvalue weighted by Crippen LogP contribution is 2.19. The molecule has 1 heterocycles. The van der Waals surface area contributed by atoms with E-state index in [2.05, 4.69) is 37.5 Å². The van der Waals surface area contributed by atoms with Gasteiger partial charge in [0.1, 0.15) is 0 Å². The van der Waals surface area contributed by atoms with Crippen LogP contribution in [-0.4, -0.2) is 22.9 Å². The van der Waals surface area contributed by atoms with Crippen molar-refractivity contribution in [1.29, 1.82) is 0 Å². The van der Waals surface area contributed by atoms with Crippen molar-refractivity contribution >= 4 is 0 Å². The number of aromatic nitrogens is 2. The van der Waals surface area contributed by atoms with Crippen LogP contribution >= 0.6 is 0 Å². The molecule has 17 heavy (non-hydrogen) atoms. The van der Waals surface area contributed by atoms with Crippen LogP contribution in [0.2, 0.25) is 0 Å². The minimum Gasteiger partial charge on any atom is -0.316 e. The first-order valence-corrected chi connectivity index (χ1v) is 6.86. The van der Waals surface area contributed by atoms with E-state index >= 15 is 0 Å². The number of likely N-dealkylation sites (N-methyl/N-ethyl adjacent to an activating group) is 1. The van der Waals surface area contributed by atoms with E-state index < -0.39 is 0 Å². The molecule has 1 aromatic rings. The molecular weight excluding hydrogens is 210 g/mol. The molecule has 2 unspecified atom stereocenters. The lowest BCUT2D eigenvalue weighted by molar-refractivity contribution is 0.330. The topological polar surface area (TPSA) is 29.9 Å². The lowest BCUT2D eigenvalue weighted by Gasteiger charge is -2.25. The highest BCUT2D eigenvalue weighted by molar-refractivity contribution is 5.06. The van der Waals surface area contributed by atoms with Gasteiger partial charge < -0.3 is 5.32 Å². The van der Waals surface area contributed by atoms with Crippen LogP contribution in [0.3, 0.4) is 0 Å². The third kappa shape index (κ3) is 4.50. The molecule has 1 N–H and O–H groups in total.